The molecule has 21 heavy (non-hydrogen) atoms. The van der Waals surface area contributed by atoms with E-state index in [9.17, 15) is 0 Å². The molecule has 0 unspecified atom stereocenters. The second-order valence-electron chi connectivity index (χ2n) is 6.81. The average Bonchev–Trinajstić information content (AvgIpc) is 2.42. The molecule has 3 nitrogen and oxygen atoms in total. The molecule has 0 atom stereocenters. The van der Waals surface area contributed by atoms with E-state index in [1.165, 1.54) is 37.1 Å². The first-order chi connectivity index (χ1) is 10.2. The van der Waals surface area contributed by atoms with Gasteiger partial charge in [0.1, 0.15) is 0 Å². The highest BCUT2D eigenvalue weighted by Crippen LogP contribution is 2.27. The van der Waals surface area contributed by atoms with Crippen molar-refractivity contribution in [3.8, 4) is 0 Å². The van der Waals surface area contributed by atoms with Crippen molar-refractivity contribution in [1.82, 2.24) is 15.2 Å². The van der Waals surface area contributed by atoms with Gasteiger partial charge in [-0.3, -0.25) is 9.88 Å². The molecule has 0 saturated heterocycles. The third kappa shape index (κ3) is 5.76. The summed E-state index contributed by atoms with van der Waals surface area (Å²) in [5.74, 6) is 1.63. The van der Waals surface area contributed by atoms with Gasteiger partial charge in [-0.2, -0.15) is 0 Å². The fourth-order valence-electron chi connectivity index (χ4n) is 2.73. The van der Waals surface area contributed by atoms with Crippen LogP contribution in [-0.4, -0.2) is 29.5 Å². The average molecular weight is 289 g/mol. The third-order valence-corrected chi connectivity index (χ3v) is 4.34. The molecule has 0 bridgehead atoms. The summed E-state index contributed by atoms with van der Waals surface area (Å²) in [6.07, 6.45) is 6.30. The molecular weight excluding hydrogens is 258 g/mol. The van der Waals surface area contributed by atoms with Crippen molar-refractivity contribution in [2.24, 2.45) is 11.8 Å². The Balaban J connectivity index is 1.77. The predicted molar refractivity (Wildman–Crippen MR) is 89.1 cm³/mol. The van der Waals surface area contributed by atoms with Crippen LogP contribution in [0.15, 0.2) is 18.3 Å². The van der Waals surface area contributed by atoms with Crippen LogP contribution < -0.4 is 5.32 Å². The molecule has 0 amide bonds. The van der Waals surface area contributed by atoms with Gasteiger partial charge in [-0.25, -0.2) is 0 Å². The van der Waals surface area contributed by atoms with Gasteiger partial charge in [-0.1, -0.05) is 33.3 Å². The Labute approximate surface area is 130 Å². The van der Waals surface area contributed by atoms with Crippen LogP contribution in [0.3, 0.4) is 0 Å². The van der Waals surface area contributed by atoms with Crippen molar-refractivity contribution in [3.05, 3.63) is 29.6 Å². The smallest absolute Gasteiger partial charge is 0.0544 e. The molecule has 0 spiro atoms. The van der Waals surface area contributed by atoms with Gasteiger partial charge in [0.05, 0.1) is 5.69 Å². The maximum atomic E-state index is 4.63. The molecule has 2 rings (SSSR count). The van der Waals surface area contributed by atoms with Gasteiger partial charge in [0.15, 0.2) is 0 Å². The van der Waals surface area contributed by atoms with Crippen molar-refractivity contribution in [2.45, 2.75) is 53.1 Å². The van der Waals surface area contributed by atoms with Crippen LogP contribution in [0.1, 0.15) is 51.3 Å². The first kappa shape index (κ1) is 16.4. The molecular formula is C18H31N3. The quantitative estimate of drug-likeness (QED) is 0.754. The Morgan fingerprint density at radius 3 is 2.67 bits per heavy atom. The lowest BCUT2D eigenvalue weighted by molar-refractivity contribution is 0.177. The van der Waals surface area contributed by atoms with Crippen LogP contribution in [0, 0.1) is 11.8 Å². The van der Waals surface area contributed by atoms with Crippen LogP contribution >= 0.6 is 0 Å². The summed E-state index contributed by atoms with van der Waals surface area (Å²) >= 11 is 0. The molecule has 1 aliphatic carbocycles. The Morgan fingerprint density at radius 2 is 2.14 bits per heavy atom. The third-order valence-electron chi connectivity index (χ3n) is 4.34. The van der Waals surface area contributed by atoms with Gasteiger partial charge in [-0.15, -0.1) is 0 Å². The van der Waals surface area contributed by atoms with Crippen LogP contribution in [0.4, 0.5) is 0 Å². The van der Waals surface area contributed by atoms with Crippen LogP contribution in [-0.2, 0) is 13.1 Å². The summed E-state index contributed by atoms with van der Waals surface area (Å²) in [7, 11) is 0. The van der Waals surface area contributed by atoms with Gasteiger partial charge in [0, 0.05) is 25.8 Å². The zero-order chi connectivity index (χ0) is 15.1. The zero-order valence-electron chi connectivity index (χ0n) is 13.9. The van der Waals surface area contributed by atoms with Crippen molar-refractivity contribution in [3.63, 3.8) is 0 Å². The molecule has 1 fully saturated rings. The first-order valence-electron chi connectivity index (χ1n) is 8.54. The van der Waals surface area contributed by atoms with E-state index >= 15 is 0 Å². The molecule has 1 heterocycles. The Kier molecular flexibility index (Phi) is 6.65. The van der Waals surface area contributed by atoms with Crippen molar-refractivity contribution in [1.29, 1.82) is 0 Å². The van der Waals surface area contributed by atoms with Crippen LogP contribution in [0.2, 0.25) is 0 Å². The van der Waals surface area contributed by atoms with Gasteiger partial charge in [-0.05, 0) is 49.4 Å². The molecule has 1 aromatic rings. The van der Waals surface area contributed by atoms with Crippen molar-refractivity contribution < 1.29 is 0 Å². The molecule has 0 aliphatic heterocycles. The number of hydrogen-bond acceptors (Lipinski definition) is 3. The highest BCUT2D eigenvalue weighted by atomic mass is 15.1. The van der Waals surface area contributed by atoms with Gasteiger partial charge < -0.3 is 5.32 Å². The fraction of sp³-hybridized carbons (Fsp3) is 0.722. The predicted octanol–water partition coefficient (Wildman–Crippen LogP) is 3.45. The second kappa shape index (κ2) is 8.50. The molecule has 1 N–H and O–H groups in total. The van der Waals surface area contributed by atoms with E-state index in [0.717, 1.165) is 32.1 Å². The van der Waals surface area contributed by atoms with Gasteiger partial charge >= 0.3 is 0 Å². The standard InChI is InChI=1S/C18H31N3/c1-4-21(13-16-6-5-7-16)14-18-9-8-17(12-20-18)11-19-10-15(2)3/h8-9,12,15-16,19H,4-7,10-11,13-14H2,1-3H3. The monoisotopic (exact) mass is 289 g/mol. The normalized spacial score (nSPS) is 15.7. The SMILES string of the molecule is CCN(Cc1ccc(CNCC(C)C)cn1)CC1CCC1. The highest BCUT2D eigenvalue weighted by molar-refractivity contribution is 5.14. The molecule has 118 valence electrons. The number of rotatable bonds is 9. The lowest BCUT2D eigenvalue weighted by atomic mass is 9.85. The van der Waals surface area contributed by atoms with Crippen molar-refractivity contribution >= 4 is 0 Å². The molecule has 1 aliphatic rings. The molecule has 0 radical (unpaired) electrons. The van der Waals surface area contributed by atoms with Crippen LogP contribution in [0.25, 0.3) is 0 Å². The molecule has 1 aromatic heterocycles. The topological polar surface area (TPSA) is 28.2 Å². The Bertz CT molecular complexity index is 395. The minimum Gasteiger partial charge on any atom is -0.312 e. The van der Waals surface area contributed by atoms with E-state index in [1.807, 2.05) is 6.20 Å². The number of hydrogen-bond donors (Lipinski definition) is 1. The van der Waals surface area contributed by atoms with E-state index in [4.69, 9.17) is 0 Å². The van der Waals surface area contributed by atoms with E-state index in [-0.39, 0.29) is 0 Å². The molecule has 1 saturated carbocycles. The molecule has 3 heteroatoms. The Hall–Kier alpha value is -0.930. The van der Waals surface area contributed by atoms with Gasteiger partial charge in [0.25, 0.3) is 0 Å². The number of aromatic nitrogens is 1. The zero-order valence-corrected chi connectivity index (χ0v) is 13.9. The minimum atomic E-state index is 0.696. The fourth-order valence-corrected chi connectivity index (χ4v) is 2.73. The van der Waals surface area contributed by atoms with Crippen LogP contribution in [0.5, 0.6) is 0 Å². The van der Waals surface area contributed by atoms with Crippen molar-refractivity contribution in [2.75, 3.05) is 19.6 Å². The number of nitrogens with zero attached hydrogens (tertiary/aromatic N) is 2. The number of nitrogens with one attached hydrogen (secondary N) is 1. The van der Waals surface area contributed by atoms with E-state index in [2.05, 4.69) is 48.1 Å². The summed E-state index contributed by atoms with van der Waals surface area (Å²) in [4.78, 5) is 7.16. The molecule has 0 aromatic carbocycles. The first-order valence-corrected chi connectivity index (χ1v) is 8.54. The van der Waals surface area contributed by atoms with E-state index in [1.54, 1.807) is 0 Å². The maximum Gasteiger partial charge on any atom is 0.0544 e. The lowest BCUT2D eigenvalue weighted by Crippen LogP contribution is -2.32. The summed E-state index contributed by atoms with van der Waals surface area (Å²) in [5, 5.41) is 3.46. The highest BCUT2D eigenvalue weighted by Gasteiger charge is 2.20. The van der Waals surface area contributed by atoms with E-state index < -0.39 is 0 Å². The number of pyridine rings is 1. The van der Waals surface area contributed by atoms with Gasteiger partial charge in [0.2, 0.25) is 0 Å². The summed E-state index contributed by atoms with van der Waals surface area (Å²) in [6.45, 7) is 12.1. The van der Waals surface area contributed by atoms with E-state index in [0.29, 0.717) is 5.92 Å². The summed E-state index contributed by atoms with van der Waals surface area (Å²) in [6, 6.07) is 4.41. The lowest BCUT2D eigenvalue weighted by Gasteiger charge is -2.31. The maximum absolute atomic E-state index is 4.63. The second-order valence-corrected chi connectivity index (χ2v) is 6.81. The summed E-state index contributed by atoms with van der Waals surface area (Å²) in [5.41, 5.74) is 2.48. The largest absolute Gasteiger partial charge is 0.312 e. The minimum absolute atomic E-state index is 0.696. The summed E-state index contributed by atoms with van der Waals surface area (Å²) < 4.78 is 0. The Morgan fingerprint density at radius 1 is 1.33 bits per heavy atom.